The third kappa shape index (κ3) is 5.02. The standard InChI is InChI=1S/C28H26N3O2/c1-5-33-28(32)25-19-27(22-9-11-23(12-10-22)30(2)3)29-26-13-8-21(18-24(25)26)7-6-20-14-16-31(4)17-15-20/h8-19H,5H2,1-4H3/q+1. The van der Waals surface area contributed by atoms with Gasteiger partial charge in [0.15, 0.2) is 12.4 Å². The largest absolute Gasteiger partial charge is 0.462 e. The number of ether oxygens (including phenoxy) is 1. The summed E-state index contributed by atoms with van der Waals surface area (Å²) < 4.78 is 7.31. The quantitative estimate of drug-likeness (QED) is 0.271. The van der Waals surface area contributed by atoms with Crippen molar-refractivity contribution < 1.29 is 14.1 Å². The van der Waals surface area contributed by atoms with E-state index in [1.807, 2.05) is 97.6 Å². The zero-order chi connectivity index (χ0) is 23.4. The second-order valence-electron chi connectivity index (χ2n) is 7.95. The Labute approximate surface area is 194 Å². The lowest BCUT2D eigenvalue weighted by atomic mass is 10.0. The molecule has 5 heteroatoms. The number of carbonyl (C=O) groups excluding carboxylic acids is 1. The molecule has 0 aliphatic rings. The van der Waals surface area contributed by atoms with Gasteiger partial charge in [0.25, 0.3) is 0 Å². The molecular weight excluding hydrogens is 410 g/mol. The van der Waals surface area contributed by atoms with Gasteiger partial charge in [-0.2, -0.15) is 0 Å². The fraction of sp³-hybridized carbons (Fsp3) is 0.179. The zero-order valence-corrected chi connectivity index (χ0v) is 19.3. The predicted molar refractivity (Wildman–Crippen MR) is 131 cm³/mol. The third-order valence-corrected chi connectivity index (χ3v) is 5.31. The first-order valence-corrected chi connectivity index (χ1v) is 10.8. The molecule has 0 saturated heterocycles. The van der Waals surface area contributed by atoms with Crippen molar-refractivity contribution in [1.82, 2.24) is 4.98 Å². The maximum atomic E-state index is 12.8. The van der Waals surface area contributed by atoms with Gasteiger partial charge in [0.1, 0.15) is 7.05 Å². The minimum atomic E-state index is -0.364. The molecule has 2 aromatic heterocycles. The van der Waals surface area contributed by atoms with Crippen molar-refractivity contribution in [2.24, 2.45) is 7.05 Å². The maximum absolute atomic E-state index is 12.8. The molecule has 4 aromatic rings. The lowest BCUT2D eigenvalue weighted by Gasteiger charge is -2.13. The average molecular weight is 437 g/mol. The normalized spacial score (nSPS) is 10.4. The van der Waals surface area contributed by atoms with Gasteiger partial charge in [0, 0.05) is 54.0 Å². The summed E-state index contributed by atoms with van der Waals surface area (Å²) in [6.07, 6.45) is 3.92. The number of anilines is 1. The van der Waals surface area contributed by atoms with E-state index in [9.17, 15) is 4.79 Å². The van der Waals surface area contributed by atoms with Crippen LogP contribution in [0.1, 0.15) is 28.4 Å². The van der Waals surface area contributed by atoms with Gasteiger partial charge >= 0.3 is 5.97 Å². The second kappa shape index (κ2) is 9.54. The number of aromatic nitrogens is 2. The number of benzene rings is 2. The molecule has 0 spiro atoms. The lowest BCUT2D eigenvalue weighted by molar-refractivity contribution is -0.671. The van der Waals surface area contributed by atoms with E-state index >= 15 is 0 Å². The number of pyridine rings is 2. The van der Waals surface area contributed by atoms with Crippen molar-refractivity contribution in [1.29, 1.82) is 0 Å². The summed E-state index contributed by atoms with van der Waals surface area (Å²) >= 11 is 0. The molecular formula is C28H26N3O2+. The summed E-state index contributed by atoms with van der Waals surface area (Å²) in [7, 11) is 5.97. The highest BCUT2D eigenvalue weighted by atomic mass is 16.5. The van der Waals surface area contributed by atoms with Crippen LogP contribution in [0.15, 0.2) is 73.1 Å². The van der Waals surface area contributed by atoms with Gasteiger partial charge in [-0.1, -0.05) is 24.0 Å². The van der Waals surface area contributed by atoms with Gasteiger partial charge in [0.05, 0.1) is 23.4 Å². The first-order valence-electron chi connectivity index (χ1n) is 10.8. The topological polar surface area (TPSA) is 46.3 Å². The van der Waals surface area contributed by atoms with Crippen LogP contribution < -0.4 is 9.47 Å². The van der Waals surface area contributed by atoms with E-state index in [0.29, 0.717) is 12.2 Å². The van der Waals surface area contributed by atoms with Crippen LogP contribution in [0.3, 0.4) is 0 Å². The molecule has 2 aromatic carbocycles. The molecule has 0 unspecified atom stereocenters. The van der Waals surface area contributed by atoms with E-state index in [0.717, 1.165) is 39.0 Å². The molecule has 2 heterocycles. The summed E-state index contributed by atoms with van der Waals surface area (Å²) in [6.45, 7) is 2.11. The van der Waals surface area contributed by atoms with Crippen molar-refractivity contribution in [3.8, 4) is 23.1 Å². The molecule has 0 radical (unpaired) electrons. The summed E-state index contributed by atoms with van der Waals surface area (Å²) in [5.41, 5.74) is 5.72. The Morgan fingerprint density at radius 3 is 2.33 bits per heavy atom. The zero-order valence-electron chi connectivity index (χ0n) is 19.3. The van der Waals surface area contributed by atoms with E-state index in [1.54, 1.807) is 13.0 Å². The number of esters is 1. The number of fused-ring (bicyclic) bond motifs is 1. The molecule has 0 aliphatic carbocycles. The van der Waals surface area contributed by atoms with Crippen LogP contribution in [-0.4, -0.2) is 31.7 Å². The van der Waals surface area contributed by atoms with Crippen LogP contribution in [0.25, 0.3) is 22.2 Å². The Morgan fingerprint density at radius 2 is 1.67 bits per heavy atom. The van der Waals surface area contributed by atoms with E-state index in [1.165, 1.54) is 0 Å². The van der Waals surface area contributed by atoms with Crippen LogP contribution in [0.4, 0.5) is 5.69 Å². The SMILES string of the molecule is CCOC(=O)c1cc(-c2ccc(N(C)C)cc2)nc2ccc(C#Cc3cc[n+](C)cc3)cc12. The Morgan fingerprint density at radius 1 is 0.970 bits per heavy atom. The second-order valence-corrected chi connectivity index (χ2v) is 7.95. The number of hydrogen-bond acceptors (Lipinski definition) is 4. The number of rotatable bonds is 4. The Hall–Kier alpha value is -4.17. The monoisotopic (exact) mass is 436 g/mol. The van der Waals surface area contributed by atoms with Crippen LogP contribution in [0.5, 0.6) is 0 Å². The van der Waals surface area contributed by atoms with Crippen molar-refractivity contribution >= 4 is 22.6 Å². The first kappa shape index (κ1) is 22.0. The molecule has 33 heavy (non-hydrogen) atoms. The summed E-state index contributed by atoms with van der Waals surface area (Å²) in [5, 5.41) is 0.730. The van der Waals surface area contributed by atoms with Crippen molar-refractivity contribution in [3.05, 3.63) is 89.7 Å². The van der Waals surface area contributed by atoms with Gasteiger partial charge < -0.3 is 9.64 Å². The van der Waals surface area contributed by atoms with Gasteiger partial charge in [-0.3, -0.25) is 0 Å². The lowest BCUT2D eigenvalue weighted by Crippen LogP contribution is -2.25. The minimum absolute atomic E-state index is 0.306. The summed E-state index contributed by atoms with van der Waals surface area (Å²) in [5.74, 6) is 6.00. The number of aryl methyl sites for hydroxylation is 1. The van der Waals surface area contributed by atoms with Crippen LogP contribution >= 0.6 is 0 Å². The van der Waals surface area contributed by atoms with Crippen LogP contribution in [0.2, 0.25) is 0 Å². The van der Waals surface area contributed by atoms with Gasteiger partial charge in [-0.15, -0.1) is 0 Å². The Balaban J connectivity index is 1.78. The number of nitrogens with zero attached hydrogens (tertiary/aromatic N) is 3. The molecule has 5 nitrogen and oxygen atoms in total. The molecule has 0 saturated carbocycles. The van der Waals surface area contributed by atoms with E-state index in [-0.39, 0.29) is 5.97 Å². The number of carbonyl (C=O) groups is 1. The summed E-state index contributed by atoms with van der Waals surface area (Å²) in [4.78, 5) is 19.7. The smallest absolute Gasteiger partial charge is 0.338 e. The molecule has 0 bridgehead atoms. The Bertz CT molecular complexity index is 1360. The van der Waals surface area contributed by atoms with Crippen molar-refractivity contribution in [2.45, 2.75) is 6.92 Å². The van der Waals surface area contributed by atoms with Gasteiger partial charge in [-0.25, -0.2) is 14.3 Å². The first-order chi connectivity index (χ1) is 15.9. The van der Waals surface area contributed by atoms with Crippen LogP contribution in [-0.2, 0) is 11.8 Å². The molecule has 0 N–H and O–H groups in total. The highest BCUT2D eigenvalue weighted by molar-refractivity contribution is 6.05. The van der Waals surface area contributed by atoms with Crippen molar-refractivity contribution in [2.75, 3.05) is 25.6 Å². The molecule has 0 fully saturated rings. The molecule has 164 valence electrons. The Kier molecular flexibility index (Phi) is 6.37. The highest BCUT2D eigenvalue weighted by Crippen LogP contribution is 2.27. The number of hydrogen-bond donors (Lipinski definition) is 0. The average Bonchev–Trinajstić information content (AvgIpc) is 2.83. The third-order valence-electron chi connectivity index (χ3n) is 5.31. The molecule has 4 rings (SSSR count). The minimum Gasteiger partial charge on any atom is -0.462 e. The molecule has 0 aliphatic heterocycles. The van der Waals surface area contributed by atoms with E-state index < -0.39 is 0 Å². The van der Waals surface area contributed by atoms with Gasteiger partial charge in [-0.05, 0) is 43.3 Å². The highest BCUT2D eigenvalue weighted by Gasteiger charge is 2.15. The molecule has 0 atom stereocenters. The fourth-order valence-electron chi connectivity index (χ4n) is 3.49. The maximum Gasteiger partial charge on any atom is 0.338 e. The van der Waals surface area contributed by atoms with Crippen LogP contribution in [0, 0.1) is 11.8 Å². The predicted octanol–water partition coefficient (Wildman–Crippen LogP) is 4.37. The van der Waals surface area contributed by atoms with Crippen molar-refractivity contribution in [3.63, 3.8) is 0 Å². The summed E-state index contributed by atoms with van der Waals surface area (Å²) in [6, 6.07) is 19.6. The fourth-order valence-corrected chi connectivity index (χ4v) is 3.49. The molecule has 0 amide bonds. The van der Waals surface area contributed by atoms with Gasteiger partial charge in [0.2, 0.25) is 0 Å². The van der Waals surface area contributed by atoms with E-state index in [4.69, 9.17) is 9.72 Å². The van der Waals surface area contributed by atoms with E-state index in [2.05, 4.69) is 11.8 Å².